The van der Waals surface area contributed by atoms with E-state index in [9.17, 15) is 8.42 Å². The molecule has 2 aromatic heterocycles. The molecule has 126 valence electrons. The average molecular weight is 355 g/mol. The lowest BCUT2D eigenvalue weighted by molar-refractivity contribution is 0.250. The van der Waals surface area contributed by atoms with Crippen molar-refractivity contribution in [1.82, 2.24) is 14.8 Å². The van der Waals surface area contributed by atoms with Gasteiger partial charge in [0, 0.05) is 11.4 Å². The zero-order valence-corrected chi connectivity index (χ0v) is 14.9. The molecule has 1 aliphatic heterocycles. The number of nitrogens with zero attached hydrogens (tertiary/aromatic N) is 2. The first-order valence-corrected chi connectivity index (χ1v) is 10.1. The zero-order chi connectivity index (χ0) is 16.4. The van der Waals surface area contributed by atoms with Gasteiger partial charge in [-0.1, -0.05) is 11.2 Å². The molecule has 0 saturated carbocycles. The van der Waals surface area contributed by atoms with Crippen molar-refractivity contribution in [1.29, 1.82) is 0 Å². The summed E-state index contributed by atoms with van der Waals surface area (Å²) < 4.78 is 32.9. The number of hydrogen-bond donors (Lipinski definition) is 1. The van der Waals surface area contributed by atoms with E-state index < -0.39 is 10.0 Å². The normalized spacial score (nSPS) is 17.7. The molecular formula is C15H21N3O3S2. The van der Waals surface area contributed by atoms with Crippen LogP contribution in [-0.2, 0) is 10.0 Å². The molecule has 3 heterocycles. The number of rotatable bonds is 6. The fraction of sp³-hybridized carbons (Fsp3) is 0.533. The van der Waals surface area contributed by atoms with Crippen LogP contribution >= 0.6 is 11.3 Å². The lowest BCUT2D eigenvalue weighted by atomic mass is 10.2. The van der Waals surface area contributed by atoms with Crippen molar-refractivity contribution < 1.29 is 12.9 Å². The van der Waals surface area contributed by atoms with Crippen molar-refractivity contribution >= 4 is 21.4 Å². The first kappa shape index (κ1) is 16.6. The van der Waals surface area contributed by atoms with E-state index in [0.717, 1.165) is 13.1 Å². The minimum absolute atomic E-state index is 0.0766. The fourth-order valence-corrected chi connectivity index (χ4v) is 5.29. The van der Waals surface area contributed by atoms with E-state index in [2.05, 4.69) is 20.8 Å². The Labute approximate surface area is 140 Å². The van der Waals surface area contributed by atoms with Crippen LogP contribution in [0.15, 0.2) is 26.9 Å². The Hall–Kier alpha value is -1.22. The minimum Gasteiger partial charge on any atom is -0.360 e. The van der Waals surface area contributed by atoms with Crippen LogP contribution in [0.3, 0.4) is 0 Å². The summed E-state index contributed by atoms with van der Waals surface area (Å²) in [5, 5.41) is 5.76. The Kier molecular flexibility index (Phi) is 4.86. The van der Waals surface area contributed by atoms with Gasteiger partial charge in [-0.05, 0) is 51.2 Å². The molecule has 0 bridgehead atoms. The van der Waals surface area contributed by atoms with E-state index in [-0.39, 0.29) is 10.9 Å². The zero-order valence-electron chi connectivity index (χ0n) is 13.3. The van der Waals surface area contributed by atoms with Crippen LogP contribution < -0.4 is 4.72 Å². The summed E-state index contributed by atoms with van der Waals surface area (Å²) in [4.78, 5) is 3.69. The van der Waals surface area contributed by atoms with Gasteiger partial charge >= 0.3 is 0 Å². The number of thiophene rings is 1. The number of aromatic nitrogens is 1. The maximum absolute atomic E-state index is 12.6. The molecule has 0 radical (unpaired) electrons. The second-order valence-electron chi connectivity index (χ2n) is 5.78. The summed E-state index contributed by atoms with van der Waals surface area (Å²) >= 11 is 1.66. The molecule has 1 saturated heterocycles. The Bertz CT molecular complexity index is 728. The molecule has 1 aliphatic rings. The third-order valence-corrected chi connectivity index (χ3v) is 6.80. The number of sulfonamides is 1. The number of aryl methyl sites for hydroxylation is 2. The molecule has 1 unspecified atom stereocenters. The first-order chi connectivity index (χ1) is 11.0. The largest absolute Gasteiger partial charge is 0.360 e. The molecule has 1 fully saturated rings. The van der Waals surface area contributed by atoms with Crippen LogP contribution in [0.2, 0.25) is 0 Å². The van der Waals surface area contributed by atoms with Crippen molar-refractivity contribution in [3.63, 3.8) is 0 Å². The highest BCUT2D eigenvalue weighted by molar-refractivity contribution is 7.89. The van der Waals surface area contributed by atoms with Gasteiger partial charge in [0.15, 0.2) is 5.76 Å². The van der Waals surface area contributed by atoms with E-state index in [1.165, 1.54) is 17.7 Å². The quantitative estimate of drug-likeness (QED) is 0.861. The smallest absolute Gasteiger partial charge is 0.246 e. The monoisotopic (exact) mass is 355 g/mol. The molecule has 1 N–H and O–H groups in total. The van der Waals surface area contributed by atoms with Gasteiger partial charge in [-0.3, -0.25) is 4.90 Å². The van der Waals surface area contributed by atoms with Crippen molar-refractivity contribution in [3.05, 3.63) is 33.8 Å². The van der Waals surface area contributed by atoms with E-state index in [0.29, 0.717) is 18.0 Å². The molecule has 3 rings (SSSR count). The molecule has 23 heavy (non-hydrogen) atoms. The van der Waals surface area contributed by atoms with Crippen LogP contribution in [0.4, 0.5) is 0 Å². The summed E-state index contributed by atoms with van der Waals surface area (Å²) in [5.41, 5.74) is 0.392. The predicted octanol–water partition coefficient (Wildman–Crippen LogP) is 2.47. The van der Waals surface area contributed by atoms with Gasteiger partial charge in [-0.2, -0.15) is 0 Å². The highest BCUT2D eigenvalue weighted by Gasteiger charge is 2.29. The maximum Gasteiger partial charge on any atom is 0.246 e. The van der Waals surface area contributed by atoms with Crippen molar-refractivity contribution in [2.75, 3.05) is 19.6 Å². The van der Waals surface area contributed by atoms with Crippen LogP contribution in [0.5, 0.6) is 0 Å². The van der Waals surface area contributed by atoms with Gasteiger partial charge in [0.1, 0.15) is 10.6 Å². The van der Waals surface area contributed by atoms with Crippen LogP contribution in [0, 0.1) is 13.8 Å². The number of likely N-dealkylation sites (tertiary alicyclic amines) is 1. The highest BCUT2D eigenvalue weighted by Crippen LogP contribution is 2.28. The predicted molar refractivity (Wildman–Crippen MR) is 89.0 cm³/mol. The molecular weight excluding hydrogens is 334 g/mol. The second kappa shape index (κ2) is 6.72. The number of nitrogens with one attached hydrogen (secondary N) is 1. The molecule has 6 nitrogen and oxygen atoms in total. The Morgan fingerprint density at radius 2 is 2.13 bits per heavy atom. The summed E-state index contributed by atoms with van der Waals surface area (Å²) in [5.74, 6) is 0.323. The summed E-state index contributed by atoms with van der Waals surface area (Å²) in [6, 6.07) is 4.15. The van der Waals surface area contributed by atoms with Crippen molar-refractivity contribution in [2.45, 2.75) is 37.6 Å². The molecule has 1 atom stereocenters. The third kappa shape index (κ3) is 3.50. The topological polar surface area (TPSA) is 75.4 Å². The van der Waals surface area contributed by atoms with Crippen LogP contribution in [0.1, 0.15) is 35.2 Å². The van der Waals surface area contributed by atoms with Crippen LogP contribution in [-0.4, -0.2) is 38.1 Å². The summed E-state index contributed by atoms with van der Waals surface area (Å²) in [6.07, 6.45) is 2.33. The van der Waals surface area contributed by atoms with Gasteiger partial charge in [0.25, 0.3) is 0 Å². The SMILES string of the molecule is Cc1noc(C)c1S(=O)(=O)NCC(c1cccs1)N1CCCC1. The maximum atomic E-state index is 12.6. The van der Waals surface area contributed by atoms with Gasteiger partial charge in [0.05, 0.1) is 6.04 Å². The lowest BCUT2D eigenvalue weighted by Gasteiger charge is -2.26. The van der Waals surface area contributed by atoms with Crippen molar-refractivity contribution in [2.24, 2.45) is 0 Å². The Morgan fingerprint density at radius 3 is 2.70 bits per heavy atom. The molecule has 0 amide bonds. The third-order valence-electron chi connectivity index (χ3n) is 4.16. The van der Waals surface area contributed by atoms with E-state index in [1.54, 1.807) is 25.2 Å². The first-order valence-electron chi connectivity index (χ1n) is 7.69. The molecule has 0 aromatic carbocycles. The molecule has 0 aliphatic carbocycles. The summed E-state index contributed by atoms with van der Waals surface area (Å²) in [7, 11) is -3.62. The summed E-state index contributed by atoms with van der Waals surface area (Å²) in [6.45, 7) is 5.63. The van der Waals surface area contributed by atoms with Gasteiger partial charge in [0.2, 0.25) is 10.0 Å². The van der Waals surface area contributed by atoms with Gasteiger partial charge < -0.3 is 4.52 Å². The van der Waals surface area contributed by atoms with E-state index in [4.69, 9.17) is 4.52 Å². The van der Waals surface area contributed by atoms with Crippen LogP contribution in [0.25, 0.3) is 0 Å². The van der Waals surface area contributed by atoms with E-state index >= 15 is 0 Å². The minimum atomic E-state index is -3.62. The highest BCUT2D eigenvalue weighted by atomic mass is 32.2. The average Bonchev–Trinajstić information content (AvgIpc) is 3.22. The number of hydrogen-bond acceptors (Lipinski definition) is 6. The Balaban J connectivity index is 1.79. The fourth-order valence-electron chi connectivity index (χ4n) is 3.06. The Morgan fingerprint density at radius 1 is 1.39 bits per heavy atom. The van der Waals surface area contributed by atoms with Gasteiger partial charge in [-0.25, -0.2) is 13.1 Å². The lowest BCUT2D eigenvalue weighted by Crippen LogP contribution is -2.36. The molecule has 2 aromatic rings. The van der Waals surface area contributed by atoms with Gasteiger partial charge in [-0.15, -0.1) is 11.3 Å². The standard InChI is InChI=1S/C15H21N3O3S2/c1-11-15(12(2)21-17-11)23(19,20)16-10-13(14-6-5-9-22-14)18-7-3-4-8-18/h5-6,9,13,16H,3-4,7-8,10H2,1-2H3. The van der Waals surface area contributed by atoms with Crippen molar-refractivity contribution in [3.8, 4) is 0 Å². The van der Waals surface area contributed by atoms with E-state index in [1.807, 2.05) is 11.4 Å². The second-order valence-corrected chi connectivity index (χ2v) is 8.46. The molecule has 0 spiro atoms. The molecule has 8 heteroatoms.